The molecule has 0 amide bonds. The molecule has 0 unspecified atom stereocenters. The molecule has 1 aromatic heterocycles. The summed E-state index contributed by atoms with van der Waals surface area (Å²) in [5.74, 6) is -0.257. The lowest BCUT2D eigenvalue weighted by atomic mass is 10.1. The molecule has 0 spiro atoms. The second-order valence-corrected chi connectivity index (χ2v) is 2.88. The molecule has 3 nitrogen and oxygen atoms in total. The summed E-state index contributed by atoms with van der Waals surface area (Å²) in [6.45, 7) is 0. The Morgan fingerprint density at radius 2 is 2.33 bits per heavy atom. The maximum atomic E-state index is 12.7. The number of alkyl halides is 3. The molecule has 0 atom stereocenters. The first-order valence-electron chi connectivity index (χ1n) is 3.95. The van der Waals surface area contributed by atoms with Gasteiger partial charge in [-0.15, -0.1) is 11.6 Å². The van der Waals surface area contributed by atoms with Gasteiger partial charge in [0.1, 0.15) is 17.5 Å². The monoisotopic (exact) mass is 232 g/mol. The van der Waals surface area contributed by atoms with Crippen LogP contribution in [-0.4, -0.2) is 12.1 Å². The number of pyridine rings is 1. The van der Waals surface area contributed by atoms with Crippen LogP contribution in [0.1, 0.15) is 23.2 Å². The van der Waals surface area contributed by atoms with Crippen LogP contribution < -0.4 is 4.74 Å². The predicted octanol–water partition coefficient (Wildman–Crippen LogP) is 2.64. The largest absolute Gasteiger partial charge is 0.495 e. The molecule has 0 aliphatic heterocycles. The first kappa shape index (κ1) is 11.7. The number of hydrogen-bond acceptors (Lipinski definition) is 3. The Labute approximate surface area is 90.3 Å². The topological polar surface area (TPSA) is 45.9 Å². The number of methoxy groups -OCH3 is 1. The van der Waals surface area contributed by atoms with Gasteiger partial charge in [-0.05, 0) is 0 Å². The highest BCUT2D eigenvalue weighted by Crippen LogP contribution is 2.33. The molecule has 0 fully saturated rings. The average molecular weight is 233 g/mol. The highest BCUT2D eigenvalue weighted by Gasteiger charge is 2.22. The summed E-state index contributed by atoms with van der Waals surface area (Å²) in [5.41, 5.74) is -0.436. The van der Waals surface area contributed by atoms with Crippen molar-refractivity contribution < 1.29 is 13.5 Å². The van der Waals surface area contributed by atoms with E-state index < -0.39 is 6.43 Å². The van der Waals surface area contributed by atoms with Gasteiger partial charge in [0.2, 0.25) is 0 Å². The Morgan fingerprint density at radius 3 is 2.73 bits per heavy atom. The van der Waals surface area contributed by atoms with E-state index in [2.05, 4.69) is 4.98 Å². The van der Waals surface area contributed by atoms with Crippen molar-refractivity contribution in [2.75, 3.05) is 7.11 Å². The van der Waals surface area contributed by atoms with Gasteiger partial charge in [0.15, 0.2) is 0 Å². The molecule has 0 N–H and O–H groups in total. The van der Waals surface area contributed by atoms with Crippen molar-refractivity contribution in [2.24, 2.45) is 0 Å². The van der Waals surface area contributed by atoms with E-state index >= 15 is 0 Å². The van der Waals surface area contributed by atoms with Crippen LogP contribution in [-0.2, 0) is 5.88 Å². The average Bonchev–Trinajstić information content (AvgIpc) is 2.26. The summed E-state index contributed by atoms with van der Waals surface area (Å²) in [6.07, 6.45) is -1.65. The van der Waals surface area contributed by atoms with E-state index in [1.165, 1.54) is 7.11 Å². The van der Waals surface area contributed by atoms with E-state index in [4.69, 9.17) is 21.6 Å². The van der Waals surface area contributed by atoms with Crippen LogP contribution in [0.2, 0.25) is 0 Å². The lowest BCUT2D eigenvalue weighted by molar-refractivity contribution is 0.146. The summed E-state index contributed by atoms with van der Waals surface area (Å²) < 4.78 is 30.1. The SMILES string of the molecule is COc1cnc(C#N)c(CCl)c1C(F)F. The minimum Gasteiger partial charge on any atom is -0.495 e. The molecule has 6 heteroatoms. The first-order valence-corrected chi connectivity index (χ1v) is 4.49. The van der Waals surface area contributed by atoms with Crippen LogP contribution >= 0.6 is 11.6 Å². The zero-order valence-corrected chi connectivity index (χ0v) is 8.55. The highest BCUT2D eigenvalue weighted by atomic mass is 35.5. The van der Waals surface area contributed by atoms with Crippen LogP contribution in [0.25, 0.3) is 0 Å². The molecule has 80 valence electrons. The molecule has 0 aliphatic carbocycles. The van der Waals surface area contributed by atoms with Gasteiger partial charge in [-0.2, -0.15) is 5.26 Å². The number of ether oxygens (including phenoxy) is 1. The summed E-state index contributed by atoms with van der Waals surface area (Å²) in [5, 5.41) is 8.66. The maximum absolute atomic E-state index is 12.7. The Bertz CT molecular complexity index is 404. The third kappa shape index (κ3) is 2.16. The molecule has 15 heavy (non-hydrogen) atoms. The van der Waals surface area contributed by atoms with E-state index in [-0.39, 0.29) is 28.5 Å². The number of nitrogens with zero attached hydrogens (tertiary/aromatic N) is 2. The van der Waals surface area contributed by atoms with Crippen LogP contribution in [0.5, 0.6) is 5.75 Å². The Kier molecular flexibility index (Phi) is 3.81. The van der Waals surface area contributed by atoms with Gasteiger partial charge in [-0.25, -0.2) is 13.8 Å². The third-order valence-corrected chi connectivity index (χ3v) is 2.13. The Balaban J connectivity index is 3.46. The third-order valence-electron chi connectivity index (χ3n) is 1.86. The second kappa shape index (κ2) is 4.89. The summed E-state index contributed by atoms with van der Waals surface area (Å²) in [6, 6.07) is 1.71. The van der Waals surface area contributed by atoms with Crippen molar-refractivity contribution in [1.82, 2.24) is 4.98 Å². The molecule has 1 heterocycles. The van der Waals surface area contributed by atoms with Crippen molar-refractivity contribution in [3.63, 3.8) is 0 Å². The fourth-order valence-electron chi connectivity index (χ4n) is 1.18. The van der Waals surface area contributed by atoms with Crippen molar-refractivity contribution in [3.8, 4) is 11.8 Å². The fraction of sp³-hybridized carbons (Fsp3) is 0.333. The fourth-order valence-corrected chi connectivity index (χ4v) is 1.45. The number of aromatic nitrogens is 1. The normalized spacial score (nSPS) is 10.1. The minimum atomic E-state index is -2.75. The van der Waals surface area contributed by atoms with Crippen LogP contribution in [0.3, 0.4) is 0 Å². The molecule has 1 rings (SSSR count). The summed E-state index contributed by atoms with van der Waals surface area (Å²) in [4.78, 5) is 3.68. The number of nitriles is 1. The molecule has 0 bridgehead atoms. The van der Waals surface area contributed by atoms with Gasteiger partial charge < -0.3 is 4.74 Å². The van der Waals surface area contributed by atoms with E-state index in [9.17, 15) is 8.78 Å². The smallest absolute Gasteiger partial charge is 0.267 e. The van der Waals surface area contributed by atoms with Gasteiger partial charge >= 0.3 is 0 Å². The predicted molar refractivity (Wildman–Crippen MR) is 50.0 cm³/mol. The minimum absolute atomic E-state index is 0.0218. The summed E-state index contributed by atoms with van der Waals surface area (Å²) in [7, 11) is 1.26. The van der Waals surface area contributed by atoms with Crippen molar-refractivity contribution >= 4 is 11.6 Å². The molecule has 1 aromatic rings. The number of hydrogen-bond donors (Lipinski definition) is 0. The first-order chi connectivity index (χ1) is 7.15. The quantitative estimate of drug-likeness (QED) is 0.753. The van der Waals surface area contributed by atoms with E-state index in [1.807, 2.05) is 0 Å². The second-order valence-electron chi connectivity index (χ2n) is 2.61. The van der Waals surface area contributed by atoms with Crippen molar-refractivity contribution in [3.05, 3.63) is 23.0 Å². The highest BCUT2D eigenvalue weighted by molar-refractivity contribution is 6.17. The Hall–Kier alpha value is -1.41. The van der Waals surface area contributed by atoms with Crippen LogP contribution in [0, 0.1) is 11.3 Å². The van der Waals surface area contributed by atoms with Gasteiger partial charge in [0.05, 0.1) is 24.8 Å². The molecule has 0 radical (unpaired) electrons. The maximum Gasteiger partial charge on any atom is 0.267 e. The Morgan fingerprint density at radius 1 is 1.67 bits per heavy atom. The zero-order valence-electron chi connectivity index (χ0n) is 7.80. The zero-order chi connectivity index (χ0) is 11.4. The molecule has 0 saturated heterocycles. The van der Waals surface area contributed by atoms with Gasteiger partial charge in [-0.3, -0.25) is 0 Å². The molecule has 0 saturated carbocycles. The van der Waals surface area contributed by atoms with Crippen LogP contribution in [0.4, 0.5) is 8.78 Å². The molecular weight excluding hydrogens is 226 g/mol. The van der Waals surface area contributed by atoms with E-state index in [0.29, 0.717) is 0 Å². The summed E-state index contributed by atoms with van der Waals surface area (Å²) >= 11 is 5.51. The van der Waals surface area contributed by atoms with Gasteiger partial charge in [0, 0.05) is 5.56 Å². The van der Waals surface area contributed by atoms with E-state index in [1.54, 1.807) is 6.07 Å². The molecule has 0 aliphatic rings. The number of rotatable bonds is 3. The number of halogens is 3. The van der Waals surface area contributed by atoms with Crippen molar-refractivity contribution in [1.29, 1.82) is 5.26 Å². The molecule has 0 aromatic carbocycles. The van der Waals surface area contributed by atoms with Gasteiger partial charge in [0.25, 0.3) is 6.43 Å². The lowest BCUT2D eigenvalue weighted by Crippen LogP contribution is -2.02. The van der Waals surface area contributed by atoms with Gasteiger partial charge in [-0.1, -0.05) is 0 Å². The standard InChI is InChI=1S/C9H7ClF2N2O/c1-15-7-4-14-6(3-13)5(2-10)8(7)9(11)12/h4,9H,2H2,1H3. The van der Waals surface area contributed by atoms with E-state index in [0.717, 1.165) is 6.20 Å². The van der Waals surface area contributed by atoms with Crippen molar-refractivity contribution in [2.45, 2.75) is 12.3 Å². The molecular formula is C9H7ClF2N2O. The lowest BCUT2D eigenvalue weighted by Gasteiger charge is -2.11. The van der Waals surface area contributed by atoms with Crippen LogP contribution in [0.15, 0.2) is 6.20 Å².